The minimum Gasteiger partial charge on any atom is -0.494 e. The maximum atomic E-state index is 9.51. The number of alkyl halides is 1. The fraction of sp³-hybridized carbons (Fsp3) is 0.368. The number of hydrogen-bond donors (Lipinski definition) is 1. The Kier molecular flexibility index (Phi) is 8.29. The third-order valence-corrected chi connectivity index (χ3v) is 4.63. The van der Waals surface area contributed by atoms with Crippen molar-refractivity contribution in [2.24, 2.45) is 0 Å². The highest BCUT2D eigenvalue weighted by Gasteiger charge is 2.03. The summed E-state index contributed by atoms with van der Waals surface area (Å²) in [6, 6.07) is 15.9. The van der Waals surface area contributed by atoms with E-state index in [2.05, 4.69) is 0 Å². The molecule has 2 rings (SSSR count). The van der Waals surface area contributed by atoms with Gasteiger partial charge in [0.05, 0.1) is 12.7 Å². The van der Waals surface area contributed by atoms with Crippen molar-refractivity contribution in [2.45, 2.75) is 35.7 Å². The molecular weight excluding hydrogens is 344 g/mol. The monoisotopic (exact) mass is 366 g/mol. The van der Waals surface area contributed by atoms with Gasteiger partial charge in [-0.1, -0.05) is 18.7 Å². The lowest BCUT2D eigenvalue weighted by Gasteiger charge is -2.10. The van der Waals surface area contributed by atoms with E-state index in [9.17, 15) is 5.11 Å². The molecule has 1 unspecified atom stereocenters. The highest BCUT2D eigenvalue weighted by molar-refractivity contribution is 7.99. The first-order chi connectivity index (χ1) is 11.7. The van der Waals surface area contributed by atoms with Gasteiger partial charge in [-0.05, 0) is 61.4 Å². The van der Waals surface area contributed by atoms with E-state index in [-0.39, 0.29) is 0 Å². The van der Waals surface area contributed by atoms with Gasteiger partial charge in [0.25, 0.3) is 0 Å². The molecule has 0 amide bonds. The molecule has 5 heteroatoms. The Morgan fingerprint density at radius 3 is 2.00 bits per heavy atom. The second-order valence-electron chi connectivity index (χ2n) is 5.31. The van der Waals surface area contributed by atoms with E-state index >= 15 is 0 Å². The third-order valence-electron chi connectivity index (χ3n) is 3.34. The van der Waals surface area contributed by atoms with E-state index in [1.54, 1.807) is 11.8 Å². The zero-order chi connectivity index (χ0) is 17.2. The number of aliphatic hydroxyl groups is 1. The van der Waals surface area contributed by atoms with E-state index < -0.39 is 6.10 Å². The topological polar surface area (TPSA) is 38.7 Å². The van der Waals surface area contributed by atoms with Gasteiger partial charge in [0, 0.05) is 15.7 Å². The highest BCUT2D eigenvalue weighted by atomic mass is 35.5. The van der Waals surface area contributed by atoms with E-state index in [4.69, 9.17) is 21.1 Å². The fourth-order valence-electron chi connectivity index (χ4n) is 1.90. The zero-order valence-electron chi connectivity index (χ0n) is 13.8. The van der Waals surface area contributed by atoms with Gasteiger partial charge in [0.2, 0.25) is 0 Å². The summed E-state index contributed by atoms with van der Waals surface area (Å²) >= 11 is 7.31. The molecule has 3 nitrogen and oxygen atoms in total. The van der Waals surface area contributed by atoms with Crippen LogP contribution in [0, 0.1) is 0 Å². The summed E-state index contributed by atoms with van der Waals surface area (Å²) in [5.74, 6) is 2.25. The molecule has 0 aliphatic carbocycles. The molecule has 0 saturated heterocycles. The van der Waals surface area contributed by atoms with Crippen molar-refractivity contribution in [3.05, 3.63) is 48.5 Å². The van der Waals surface area contributed by atoms with Crippen molar-refractivity contribution >= 4 is 23.4 Å². The molecule has 0 aliphatic rings. The zero-order valence-corrected chi connectivity index (χ0v) is 15.4. The Bertz CT molecular complexity index is 587. The van der Waals surface area contributed by atoms with E-state index in [0.717, 1.165) is 27.7 Å². The quantitative estimate of drug-likeness (QED) is 0.474. The first kappa shape index (κ1) is 19.0. The molecule has 0 aromatic heterocycles. The third kappa shape index (κ3) is 6.63. The summed E-state index contributed by atoms with van der Waals surface area (Å²) < 4.78 is 11.1. The normalized spacial score (nSPS) is 12.0. The number of ether oxygens (including phenoxy) is 2. The predicted octanol–water partition coefficient (Wildman–Crippen LogP) is 5.00. The minimum atomic E-state index is -0.413. The second kappa shape index (κ2) is 10.5. The van der Waals surface area contributed by atoms with E-state index in [1.807, 2.05) is 55.5 Å². The average Bonchev–Trinajstić information content (AvgIpc) is 2.62. The molecule has 0 fully saturated rings. The van der Waals surface area contributed by atoms with Crippen molar-refractivity contribution in [2.75, 3.05) is 19.1 Å². The SMILES string of the molecule is CCC(O)COc1ccc(Sc2ccc(OCCCCl)cc2)cc1. The smallest absolute Gasteiger partial charge is 0.119 e. The van der Waals surface area contributed by atoms with Crippen molar-refractivity contribution < 1.29 is 14.6 Å². The Hall–Kier alpha value is -1.36. The molecule has 1 atom stereocenters. The number of benzene rings is 2. The summed E-state index contributed by atoms with van der Waals surface area (Å²) in [6.45, 7) is 2.90. The van der Waals surface area contributed by atoms with Crippen LogP contribution >= 0.6 is 23.4 Å². The maximum Gasteiger partial charge on any atom is 0.119 e. The van der Waals surface area contributed by atoms with Gasteiger partial charge in [0.1, 0.15) is 18.1 Å². The number of halogens is 1. The fourth-order valence-corrected chi connectivity index (χ4v) is 2.82. The van der Waals surface area contributed by atoms with Crippen LogP contribution in [0.2, 0.25) is 0 Å². The molecule has 0 heterocycles. The van der Waals surface area contributed by atoms with Crippen molar-refractivity contribution in [1.82, 2.24) is 0 Å². The van der Waals surface area contributed by atoms with Crippen LogP contribution in [0.5, 0.6) is 11.5 Å². The number of rotatable bonds is 10. The lowest BCUT2D eigenvalue weighted by Crippen LogP contribution is -2.15. The van der Waals surface area contributed by atoms with Crippen molar-refractivity contribution in [1.29, 1.82) is 0 Å². The standard InChI is InChI=1S/C19H23ClO3S/c1-2-15(21)14-23-17-6-10-19(11-7-17)24-18-8-4-16(5-9-18)22-13-3-12-20/h4-11,15,21H,2-3,12-14H2,1H3. The van der Waals surface area contributed by atoms with Gasteiger partial charge < -0.3 is 14.6 Å². The van der Waals surface area contributed by atoms with Crippen molar-refractivity contribution in [3.63, 3.8) is 0 Å². The Balaban J connectivity index is 1.84. The van der Waals surface area contributed by atoms with Crippen LogP contribution in [0.15, 0.2) is 58.3 Å². The van der Waals surface area contributed by atoms with Gasteiger partial charge in [-0.25, -0.2) is 0 Å². The summed E-state index contributed by atoms with van der Waals surface area (Å²) in [4.78, 5) is 2.28. The Morgan fingerprint density at radius 1 is 0.958 bits per heavy atom. The van der Waals surface area contributed by atoms with Gasteiger partial charge in [-0.3, -0.25) is 0 Å². The van der Waals surface area contributed by atoms with E-state index in [0.29, 0.717) is 25.5 Å². The summed E-state index contributed by atoms with van der Waals surface area (Å²) in [5, 5.41) is 9.51. The Labute approximate surface area is 152 Å². The highest BCUT2D eigenvalue weighted by Crippen LogP contribution is 2.30. The second-order valence-corrected chi connectivity index (χ2v) is 6.83. The number of hydrogen-bond acceptors (Lipinski definition) is 4. The van der Waals surface area contributed by atoms with Gasteiger partial charge in [0.15, 0.2) is 0 Å². The first-order valence-corrected chi connectivity index (χ1v) is 9.44. The van der Waals surface area contributed by atoms with Crippen LogP contribution < -0.4 is 9.47 Å². The summed E-state index contributed by atoms with van der Waals surface area (Å²) in [5.41, 5.74) is 0. The number of aliphatic hydroxyl groups excluding tert-OH is 1. The minimum absolute atomic E-state index is 0.328. The van der Waals surface area contributed by atoms with Gasteiger partial charge >= 0.3 is 0 Å². The Morgan fingerprint density at radius 2 is 1.50 bits per heavy atom. The predicted molar refractivity (Wildman–Crippen MR) is 99.6 cm³/mol. The lowest BCUT2D eigenvalue weighted by molar-refractivity contribution is 0.104. The molecule has 0 radical (unpaired) electrons. The van der Waals surface area contributed by atoms with Crippen LogP contribution in [0.25, 0.3) is 0 Å². The molecule has 0 saturated carbocycles. The van der Waals surface area contributed by atoms with Gasteiger partial charge in [-0.15, -0.1) is 11.6 Å². The van der Waals surface area contributed by atoms with Gasteiger partial charge in [-0.2, -0.15) is 0 Å². The van der Waals surface area contributed by atoms with Crippen LogP contribution in [-0.2, 0) is 0 Å². The molecule has 2 aromatic carbocycles. The van der Waals surface area contributed by atoms with Crippen LogP contribution in [-0.4, -0.2) is 30.3 Å². The summed E-state index contributed by atoms with van der Waals surface area (Å²) in [7, 11) is 0. The molecule has 0 spiro atoms. The molecule has 0 bridgehead atoms. The average molecular weight is 367 g/mol. The first-order valence-electron chi connectivity index (χ1n) is 8.09. The largest absolute Gasteiger partial charge is 0.494 e. The summed E-state index contributed by atoms with van der Waals surface area (Å²) in [6.07, 6.45) is 1.13. The molecule has 0 aliphatic heterocycles. The molecule has 130 valence electrons. The maximum absolute atomic E-state index is 9.51. The van der Waals surface area contributed by atoms with Crippen LogP contribution in [0.4, 0.5) is 0 Å². The molecule has 1 N–H and O–H groups in total. The van der Waals surface area contributed by atoms with Crippen LogP contribution in [0.3, 0.4) is 0 Å². The van der Waals surface area contributed by atoms with E-state index in [1.165, 1.54) is 0 Å². The molecule has 2 aromatic rings. The lowest BCUT2D eigenvalue weighted by atomic mass is 10.3. The van der Waals surface area contributed by atoms with Crippen LogP contribution in [0.1, 0.15) is 19.8 Å². The van der Waals surface area contributed by atoms with Crippen molar-refractivity contribution in [3.8, 4) is 11.5 Å². The molecular formula is C19H23ClO3S. The molecule has 24 heavy (non-hydrogen) atoms.